The summed E-state index contributed by atoms with van der Waals surface area (Å²) >= 11 is 0. The van der Waals surface area contributed by atoms with E-state index in [-0.39, 0.29) is 18.6 Å². The van der Waals surface area contributed by atoms with Gasteiger partial charge in [0.25, 0.3) is 0 Å². The Morgan fingerprint density at radius 1 is 1.29 bits per heavy atom. The quantitative estimate of drug-likeness (QED) is 0.600. The SMILES string of the molecule is CCCCCCCN(CCCO)C(=O)C1(C)COCC1N. The number of nitrogens with zero attached hydrogens (tertiary/aromatic N) is 1. The molecule has 1 aliphatic rings. The van der Waals surface area contributed by atoms with Crippen LogP contribution in [0.5, 0.6) is 0 Å². The summed E-state index contributed by atoms with van der Waals surface area (Å²) in [5, 5.41) is 9.03. The van der Waals surface area contributed by atoms with Crippen LogP contribution < -0.4 is 5.73 Å². The first-order valence-corrected chi connectivity index (χ1v) is 8.29. The molecule has 0 aromatic rings. The van der Waals surface area contributed by atoms with Crippen LogP contribution in [0, 0.1) is 5.41 Å². The topological polar surface area (TPSA) is 75.8 Å². The molecule has 1 rings (SSSR count). The van der Waals surface area contributed by atoms with E-state index in [1.165, 1.54) is 19.3 Å². The largest absolute Gasteiger partial charge is 0.396 e. The van der Waals surface area contributed by atoms with Gasteiger partial charge in [0.05, 0.1) is 18.6 Å². The van der Waals surface area contributed by atoms with Crippen molar-refractivity contribution < 1.29 is 14.6 Å². The fraction of sp³-hybridized carbons (Fsp3) is 0.938. The van der Waals surface area contributed by atoms with Gasteiger partial charge in [-0.1, -0.05) is 32.6 Å². The second kappa shape index (κ2) is 9.38. The highest BCUT2D eigenvalue weighted by Crippen LogP contribution is 2.29. The predicted molar refractivity (Wildman–Crippen MR) is 83.9 cm³/mol. The summed E-state index contributed by atoms with van der Waals surface area (Å²) in [6.07, 6.45) is 6.48. The van der Waals surface area contributed by atoms with E-state index in [1.54, 1.807) is 0 Å². The fourth-order valence-corrected chi connectivity index (χ4v) is 2.75. The molecule has 2 atom stereocenters. The molecule has 3 N–H and O–H groups in total. The van der Waals surface area contributed by atoms with E-state index in [9.17, 15) is 4.79 Å². The van der Waals surface area contributed by atoms with Crippen molar-refractivity contribution >= 4 is 5.91 Å². The molecule has 5 heteroatoms. The van der Waals surface area contributed by atoms with Gasteiger partial charge in [-0.25, -0.2) is 0 Å². The number of nitrogens with two attached hydrogens (primary N) is 1. The van der Waals surface area contributed by atoms with Crippen molar-refractivity contribution in [1.82, 2.24) is 4.90 Å². The highest BCUT2D eigenvalue weighted by molar-refractivity contribution is 5.83. The molecule has 5 nitrogen and oxygen atoms in total. The third kappa shape index (κ3) is 5.24. The molecular formula is C16H32N2O3. The average Bonchev–Trinajstić information content (AvgIpc) is 2.82. The van der Waals surface area contributed by atoms with Gasteiger partial charge in [0, 0.05) is 25.7 Å². The van der Waals surface area contributed by atoms with Crippen molar-refractivity contribution in [2.75, 3.05) is 32.9 Å². The van der Waals surface area contributed by atoms with Crippen LogP contribution in [0.2, 0.25) is 0 Å². The minimum Gasteiger partial charge on any atom is -0.396 e. The number of aliphatic hydroxyl groups excluding tert-OH is 1. The van der Waals surface area contributed by atoms with Crippen LogP contribution >= 0.6 is 0 Å². The van der Waals surface area contributed by atoms with Gasteiger partial charge in [0.2, 0.25) is 5.91 Å². The molecule has 1 heterocycles. The molecule has 0 radical (unpaired) electrons. The number of unbranched alkanes of at least 4 members (excludes halogenated alkanes) is 4. The monoisotopic (exact) mass is 300 g/mol. The van der Waals surface area contributed by atoms with Gasteiger partial charge < -0.3 is 20.5 Å². The molecule has 124 valence electrons. The van der Waals surface area contributed by atoms with E-state index in [4.69, 9.17) is 15.6 Å². The summed E-state index contributed by atoms with van der Waals surface area (Å²) < 4.78 is 5.38. The Morgan fingerprint density at radius 3 is 2.52 bits per heavy atom. The van der Waals surface area contributed by atoms with E-state index in [1.807, 2.05) is 11.8 Å². The Morgan fingerprint density at radius 2 is 1.95 bits per heavy atom. The van der Waals surface area contributed by atoms with Crippen LogP contribution in [0.15, 0.2) is 0 Å². The second-order valence-corrected chi connectivity index (χ2v) is 6.32. The number of amides is 1. The highest BCUT2D eigenvalue weighted by atomic mass is 16.5. The van der Waals surface area contributed by atoms with Crippen LogP contribution in [-0.2, 0) is 9.53 Å². The smallest absolute Gasteiger partial charge is 0.232 e. The van der Waals surface area contributed by atoms with Gasteiger partial charge in [-0.2, -0.15) is 0 Å². The van der Waals surface area contributed by atoms with E-state index in [0.717, 1.165) is 19.4 Å². The average molecular weight is 300 g/mol. The minimum atomic E-state index is -0.612. The van der Waals surface area contributed by atoms with Crippen molar-refractivity contribution in [2.45, 2.75) is 58.4 Å². The van der Waals surface area contributed by atoms with E-state index < -0.39 is 5.41 Å². The van der Waals surface area contributed by atoms with Crippen LogP contribution in [-0.4, -0.2) is 54.9 Å². The predicted octanol–water partition coefficient (Wildman–Crippen LogP) is 1.53. The summed E-state index contributed by atoms with van der Waals surface area (Å²) in [6.45, 7) is 6.41. The number of carbonyl (C=O) groups excluding carboxylic acids is 1. The van der Waals surface area contributed by atoms with E-state index >= 15 is 0 Å². The third-order valence-corrected chi connectivity index (χ3v) is 4.41. The van der Waals surface area contributed by atoms with Gasteiger partial charge in [-0.3, -0.25) is 4.79 Å². The van der Waals surface area contributed by atoms with Crippen LogP contribution in [0.3, 0.4) is 0 Å². The lowest BCUT2D eigenvalue weighted by Gasteiger charge is -2.33. The lowest BCUT2D eigenvalue weighted by Crippen LogP contribution is -2.52. The first-order valence-electron chi connectivity index (χ1n) is 8.29. The van der Waals surface area contributed by atoms with Gasteiger partial charge in [0.15, 0.2) is 0 Å². The standard InChI is InChI=1S/C16H32N2O3/c1-3-4-5-6-7-9-18(10-8-11-19)15(20)16(2)13-21-12-14(16)17/h14,19H,3-13,17H2,1-2H3. The second-order valence-electron chi connectivity index (χ2n) is 6.32. The normalized spacial score (nSPS) is 25.2. The number of carbonyl (C=O) groups is 1. The summed E-state index contributed by atoms with van der Waals surface area (Å²) in [7, 11) is 0. The van der Waals surface area contributed by atoms with Crippen molar-refractivity contribution in [3.8, 4) is 0 Å². The Hall–Kier alpha value is -0.650. The van der Waals surface area contributed by atoms with Crippen LogP contribution in [0.25, 0.3) is 0 Å². The highest BCUT2D eigenvalue weighted by Gasteiger charge is 2.46. The molecule has 0 bridgehead atoms. The Balaban J connectivity index is 2.53. The maximum atomic E-state index is 12.8. The third-order valence-electron chi connectivity index (χ3n) is 4.41. The minimum absolute atomic E-state index is 0.0800. The van der Waals surface area contributed by atoms with Gasteiger partial charge in [0.1, 0.15) is 0 Å². The number of hydrogen-bond acceptors (Lipinski definition) is 4. The van der Waals surface area contributed by atoms with Crippen molar-refractivity contribution in [3.05, 3.63) is 0 Å². The number of rotatable bonds is 10. The van der Waals surface area contributed by atoms with Gasteiger partial charge >= 0.3 is 0 Å². The van der Waals surface area contributed by atoms with Crippen molar-refractivity contribution in [2.24, 2.45) is 11.1 Å². The van der Waals surface area contributed by atoms with Crippen molar-refractivity contribution in [3.63, 3.8) is 0 Å². The van der Waals surface area contributed by atoms with Crippen LogP contribution in [0.1, 0.15) is 52.4 Å². The van der Waals surface area contributed by atoms with Crippen molar-refractivity contribution in [1.29, 1.82) is 0 Å². The molecule has 0 aromatic heterocycles. The van der Waals surface area contributed by atoms with Gasteiger partial charge in [-0.05, 0) is 19.8 Å². The molecule has 1 aliphatic heterocycles. The maximum Gasteiger partial charge on any atom is 0.232 e. The van der Waals surface area contributed by atoms with E-state index in [2.05, 4.69) is 6.92 Å². The number of ether oxygens (including phenoxy) is 1. The lowest BCUT2D eigenvalue weighted by atomic mass is 9.84. The molecule has 0 aliphatic carbocycles. The first-order chi connectivity index (χ1) is 10.1. The summed E-state index contributed by atoms with van der Waals surface area (Å²) in [5.41, 5.74) is 5.44. The summed E-state index contributed by atoms with van der Waals surface area (Å²) in [5.74, 6) is 0.0800. The summed E-state index contributed by atoms with van der Waals surface area (Å²) in [6, 6.07) is -0.235. The van der Waals surface area contributed by atoms with Crippen LogP contribution in [0.4, 0.5) is 0 Å². The maximum absolute atomic E-state index is 12.8. The zero-order valence-electron chi connectivity index (χ0n) is 13.6. The molecule has 0 spiro atoms. The summed E-state index contributed by atoms with van der Waals surface area (Å²) in [4.78, 5) is 14.7. The van der Waals surface area contributed by atoms with Gasteiger partial charge in [-0.15, -0.1) is 0 Å². The number of aliphatic hydroxyl groups is 1. The molecular weight excluding hydrogens is 268 g/mol. The Bertz CT molecular complexity index is 312. The zero-order chi connectivity index (χ0) is 15.7. The first kappa shape index (κ1) is 18.4. The fourth-order valence-electron chi connectivity index (χ4n) is 2.75. The molecule has 0 aromatic carbocycles. The Labute approximate surface area is 128 Å². The lowest BCUT2D eigenvalue weighted by molar-refractivity contribution is -0.142. The van der Waals surface area contributed by atoms with E-state index in [0.29, 0.717) is 26.2 Å². The molecule has 2 unspecified atom stereocenters. The molecule has 1 amide bonds. The molecule has 1 fully saturated rings. The molecule has 1 saturated heterocycles. The zero-order valence-corrected chi connectivity index (χ0v) is 13.6. The number of hydrogen-bond donors (Lipinski definition) is 2. The Kier molecular flexibility index (Phi) is 8.22. The molecule has 21 heavy (non-hydrogen) atoms. The molecule has 0 saturated carbocycles.